The van der Waals surface area contributed by atoms with E-state index in [2.05, 4.69) is 17.2 Å². The molecule has 0 aliphatic heterocycles. The Morgan fingerprint density at radius 2 is 1.85 bits per heavy atom. The third-order valence-electron chi connectivity index (χ3n) is 4.03. The van der Waals surface area contributed by atoms with Crippen LogP contribution in [-0.4, -0.2) is 42.4 Å². The Morgan fingerprint density at radius 1 is 1.12 bits per heavy atom. The van der Waals surface area contributed by atoms with E-state index in [-0.39, 0.29) is 23.2 Å². The molecule has 6 heteroatoms. The van der Waals surface area contributed by atoms with E-state index in [1.807, 2.05) is 24.3 Å². The van der Waals surface area contributed by atoms with Gasteiger partial charge in [-0.15, -0.1) is 0 Å². The third kappa shape index (κ3) is 5.05. The highest BCUT2D eigenvalue weighted by Gasteiger charge is 2.15. The Balaban J connectivity index is 2.04. The lowest BCUT2D eigenvalue weighted by atomic mass is 10.2. The number of para-hydroxylation sites is 1. The minimum absolute atomic E-state index is 0.183. The maximum Gasteiger partial charge on any atom is 0.272 e. The van der Waals surface area contributed by atoms with E-state index >= 15 is 0 Å². The lowest BCUT2D eigenvalue weighted by molar-refractivity contribution is 0.0787. The number of benzene rings is 1. The van der Waals surface area contributed by atoms with Crippen LogP contribution >= 0.6 is 0 Å². The maximum atomic E-state index is 12.4. The van der Waals surface area contributed by atoms with Crippen molar-refractivity contribution in [3.63, 3.8) is 0 Å². The van der Waals surface area contributed by atoms with Crippen molar-refractivity contribution in [3.8, 4) is 5.75 Å². The summed E-state index contributed by atoms with van der Waals surface area (Å²) in [6.07, 6.45) is 1.94. The molecule has 0 radical (unpaired) electrons. The number of amides is 2. The van der Waals surface area contributed by atoms with E-state index in [4.69, 9.17) is 4.74 Å². The number of methoxy groups -OCH3 is 1. The fourth-order valence-corrected chi connectivity index (χ4v) is 2.49. The van der Waals surface area contributed by atoms with Crippen LogP contribution in [0.2, 0.25) is 0 Å². The van der Waals surface area contributed by atoms with E-state index in [1.165, 1.54) is 0 Å². The van der Waals surface area contributed by atoms with Crippen molar-refractivity contribution in [2.45, 2.75) is 26.3 Å². The minimum Gasteiger partial charge on any atom is -0.496 e. The molecule has 2 rings (SSSR count). The topological polar surface area (TPSA) is 71.5 Å². The number of hydrogen-bond donors (Lipinski definition) is 1. The van der Waals surface area contributed by atoms with Crippen molar-refractivity contribution in [2.75, 3.05) is 20.7 Å². The molecule has 0 bridgehead atoms. The summed E-state index contributed by atoms with van der Waals surface area (Å²) in [6.45, 7) is 3.06. The number of ether oxygens (including phenoxy) is 1. The quantitative estimate of drug-likeness (QED) is 0.790. The molecule has 138 valence electrons. The van der Waals surface area contributed by atoms with Gasteiger partial charge in [-0.2, -0.15) is 0 Å². The number of aromatic nitrogens is 1. The molecule has 1 heterocycles. The highest BCUT2D eigenvalue weighted by atomic mass is 16.5. The van der Waals surface area contributed by atoms with Crippen LogP contribution in [0.15, 0.2) is 42.5 Å². The predicted molar refractivity (Wildman–Crippen MR) is 100 cm³/mol. The molecule has 0 atom stereocenters. The summed E-state index contributed by atoms with van der Waals surface area (Å²) in [7, 11) is 3.33. The molecule has 0 aliphatic rings. The number of nitrogens with one attached hydrogen (secondary N) is 1. The fourth-order valence-electron chi connectivity index (χ4n) is 2.49. The van der Waals surface area contributed by atoms with Crippen molar-refractivity contribution in [1.82, 2.24) is 15.2 Å². The molecule has 6 nitrogen and oxygen atoms in total. The smallest absolute Gasteiger partial charge is 0.272 e. The largest absolute Gasteiger partial charge is 0.496 e. The van der Waals surface area contributed by atoms with Crippen LogP contribution in [0.1, 0.15) is 46.3 Å². The number of unbranched alkanes of at least 4 members (excludes halogenated alkanes) is 1. The molecule has 26 heavy (non-hydrogen) atoms. The first kappa shape index (κ1) is 19.4. The van der Waals surface area contributed by atoms with Crippen molar-refractivity contribution in [3.05, 3.63) is 59.4 Å². The molecular weight excluding hydrogens is 330 g/mol. The lowest BCUT2D eigenvalue weighted by Crippen LogP contribution is -2.30. The molecule has 2 amide bonds. The number of rotatable bonds is 8. The van der Waals surface area contributed by atoms with Crippen LogP contribution in [0.25, 0.3) is 0 Å². The summed E-state index contributed by atoms with van der Waals surface area (Å²) in [4.78, 5) is 30.6. The molecule has 1 aromatic carbocycles. The van der Waals surface area contributed by atoms with Gasteiger partial charge in [-0.1, -0.05) is 37.6 Å². The molecule has 0 fully saturated rings. The summed E-state index contributed by atoms with van der Waals surface area (Å²) >= 11 is 0. The molecule has 1 aromatic heterocycles. The molecule has 0 saturated carbocycles. The van der Waals surface area contributed by atoms with Crippen molar-refractivity contribution in [2.24, 2.45) is 0 Å². The van der Waals surface area contributed by atoms with Gasteiger partial charge in [0.05, 0.1) is 7.11 Å². The van der Waals surface area contributed by atoms with Gasteiger partial charge in [0.1, 0.15) is 17.1 Å². The molecule has 0 unspecified atom stereocenters. The Bertz CT molecular complexity index is 761. The molecular formula is C20H25N3O3. The predicted octanol–water partition coefficient (Wildman–Crippen LogP) is 2.89. The van der Waals surface area contributed by atoms with Crippen LogP contribution in [0.4, 0.5) is 0 Å². The normalized spacial score (nSPS) is 10.3. The second-order valence-electron chi connectivity index (χ2n) is 5.98. The second kappa shape index (κ2) is 9.56. The highest BCUT2D eigenvalue weighted by Crippen LogP contribution is 2.16. The first-order chi connectivity index (χ1) is 12.6. The Labute approximate surface area is 154 Å². The monoisotopic (exact) mass is 355 g/mol. The summed E-state index contributed by atoms with van der Waals surface area (Å²) in [5, 5.41) is 2.81. The van der Waals surface area contributed by atoms with Gasteiger partial charge < -0.3 is 15.0 Å². The van der Waals surface area contributed by atoms with Gasteiger partial charge >= 0.3 is 0 Å². The van der Waals surface area contributed by atoms with Gasteiger partial charge in [0.2, 0.25) is 0 Å². The van der Waals surface area contributed by atoms with Gasteiger partial charge in [-0.3, -0.25) is 9.59 Å². The second-order valence-corrected chi connectivity index (χ2v) is 5.98. The zero-order valence-corrected chi connectivity index (χ0v) is 15.5. The number of carbonyl (C=O) groups is 2. The lowest BCUT2D eigenvalue weighted by Gasteiger charge is -2.16. The molecule has 1 N–H and O–H groups in total. The summed E-state index contributed by atoms with van der Waals surface area (Å²) in [5.74, 6) is 0.196. The standard InChI is InChI=1S/C20H25N3O3/c1-4-5-13-23(2)20(25)17-11-8-10-16(22-17)19(24)21-14-15-9-6-7-12-18(15)26-3/h6-12H,4-5,13-14H2,1-3H3,(H,21,24). The molecule has 0 aliphatic carbocycles. The molecule has 2 aromatic rings. The summed E-state index contributed by atoms with van der Waals surface area (Å²) in [6, 6.07) is 12.4. The average Bonchev–Trinajstić information content (AvgIpc) is 2.69. The number of hydrogen-bond acceptors (Lipinski definition) is 4. The van der Waals surface area contributed by atoms with Crippen LogP contribution < -0.4 is 10.1 Å². The minimum atomic E-state index is -0.332. The Kier molecular flexibility index (Phi) is 7.14. The van der Waals surface area contributed by atoms with Gasteiger partial charge in [-0.05, 0) is 24.6 Å². The zero-order valence-electron chi connectivity index (χ0n) is 15.5. The van der Waals surface area contributed by atoms with E-state index in [9.17, 15) is 9.59 Å². The van der Waals surface area contributed by atoms with Crippen LogP contribution in [0.5, 0.6) is 5.75 Å². The Hall–Kier alpha value is -2.89. The molecule has 0 spiro atoms. The van der Waals surface area contributed by atoms with Gasteiger partial charge in [0.15, 0.2) is 0 Å². The number of pyridine rings is 1. The van der Waals surface area contributed by atoms with E-state index < -0.39 is 0 Å². The first-order valence-electron chi connectivity index (χ1n) is 8.69. The van der Waals surface area contributed by atoms with Crippen LogP contribution in [0.3, 0.4) is 0 Å². The number of carbonyl (C=O) groups excluding carboxylic acids is 2. The average molecular weight is 355 g/mol. The Morgan fingerprint density at radius 3 is 2.58 bits per heavy atom. The number of nitrogens with zero attached hydrogens (tertiary/aromatic N) is 2. The highest BCUT2D eigenvalue weighted by molar-refractivity contribution is 5.96. The van der Waals surface area contributed by atoms with Gasteiger partial charge in [0, 0.05) is 25.7 Å². The third-order valence-corrected chi connectivity index (χ3v) is 4.03. The van der Waals surface area contributed by atoms with Crippen molar-refractivity contribution < 1.29 is 14.3 Å². The van der Waals surface area contributed by atoms with Crippen molar-refractivity contribution >= 4 is 11.8 Å². The van der Waals surface area contributed by atoms with Gasteiger partial charge in [0.25, 0.3) is 11.8 Å². The van der Waals surface area contributed by atoms with E-state index in [0.717, 1.165) is 18.4 Å². The molecule has 0 saturated heterocycles. The SMILES string of the molecule is CCCCN(C)C(=O)c1cccc(C(=O)NCc2ccccc2OC)n1. The van der Waals surface area contributed by atoms with Crippen LogP contribution in [-0.2, 0) is 6.54 Å². The van der Waals surface area contributed by atoms with Gasteiger partial charge in [-0.25, -0.2) is 4.98 Å². The van der Waals surface area contributed by atoms with Crippen LogP contribution in [0, 0.1) is 0 Å². The first-order valence-corrected chi connectivity index (χ1v) is 8.69. The summed E-state index contributed by atoms with van der Waals surface area (Å²) < 4.78 is 5.28. The fraction of sp³-hybridized carbons (Fsp3) is 0.350. The zero-order chi connectivity index (χ0) is 18.9. The summed E-state index contributed by atoms with van der Waals surface area (Å²) in [5.41, 5.74) is 1.36. The van der Waals surface area contributed by atoms with E-state index in [0.29, 0.717) is 18.8 Å². The van der Waals surface area contributed by atoms with E-state index in [1.54, 1.807) is 37.3 Å². The maximum absolute atomic E-state index is 12.4. The van der Waals surface area contributed by atoms with Crippen molar-refractivity contribution in [1.29, 1.82) is 0 Å².